The molecule has 7 nitrogen and oxygen atoms in total. The predicted molar refractivity (Wildman–Crippen MR) is 145 cm³/mol. The molecule has 1 aromatic carbocycles. The van der Waals surface area contributed by atoms with E-state index in [-0.39, 0.29) is 31.1 Å². The molecule has 0 aliphatic carbocycles. The first kappa shape index (κ1) is 27.5. The second-order valence-electron chi connectivity index (χ2n) is 10.7. The number of carbonyl (C=O) groups is 3. The van der Waals surface area contributed by atoms with Crippen LogP contribution in [0.3, 0.4) is 0 Å². The molecule has 37 heavy (non-hydrogen) atoms. The van der Waals surface area contributed by atoms with Crippen LogP contribution in [-0.4, -0.2) is 74.0 Å². The number of aliphatic hydroxyl groups excluding tert-OH is 1. The van der Waals surface area contributed by atoms with Crippen LogP contribution in [0.2, 0.25) is 0 Å². The van der Waals surface area contributed by atoms with E-state index in [1.807, 2.05) is 51.1 Å². The highest BCUT2D eigenvalue weighted by Crippen LogP contribution is 2.72. The molecule has 3 saturated heterocycles. The first-order valence-electron chi connectivity index (χ1n) is 13.0. The van der Waals surface area contributed by atoms with E-state index in [1.165, 1.54) is 0 Å². The van der Waals surface area contributed by atoms with Gasteiger partial charge in [0.15, 0.2) is 0 Å². The van der Waals surface area contributed by atoms with Gasteiger partial charge in [-0.25, -0.2) is 0 Å². The third kappa shape index (κ3) is 4.42. The summed E-state index contributed by atoms with van der Waals surface area (Å²) in [6.45, 7) is 13.7. The molecule has 3 aliphatic heterocycles. The molecule has 0 saturated carbocycles. The van der Waals surface area contributed by atoms with E-state index in [4.69, 9.17) is 4.74 Å². The number of fused-ring (bicyclic) bond motifs is 1. The maximum absolute atomic E-state index is 14.4. The molecule has 2 bridgehead atoms. The minimum absolute atomic E-state index is 0.110. The van der Waals surface area contributed by atoms with Gasteiger partial charge in [0.2, 0.25) is 11.8 Å². The van der Waals surface area contributed by atoms with E-state index in [9.17, 15) is 19.5 Å². The van der Waals surface area contributed by atoms with E-state index in [0.717, 1.165) is 5.56 Å². The van der Waals surface area contributed by atoms with Gasteiger partial charge in [-0.2, -0.15) is 0 Å². The van der Waals surface area contributed by atoms with E-state index in [2.05, 4.69) is 13.2 Å². The molecule has 1 spiro atoms. The number of ether oxygens (including phenoxy) is 1. The van der Waals surface area contributed by atoms with Gasteiger partial charge < -0.3 is 19.6 Å². The molecule has 1 aromatic rings. The molecule has 8 heteroatoms. The van der Waals surface area contributed by atoms with E-state index in [1.54, 1.807) is 33.7 Å². The molecular formula is C29H38N2O5S. The fourth-order valence-corrected chi connectivity index (χ4v) is 8.88. The maximum Gasteiger partial charge on any atom is 0.311 e. The normalized spacial score (nSPS) is 30.8. The van der Waals surface area contributed by atoms with Crippen molar-refractivity contribution in [1.82, 2.24) is 9.80 Å². The van der Waals surface area contributed by atoms with E-state index < -0.39 is 39.4 Å². The number of likely N-dealkylation sites (tertiary alicyclic amines) is 1. The fraction of sp³-hybridized carbons (Fsp3) is 0.552. The highest BCUT2D eigenvalue weighted by molar-refractivity contribution is 8.02. The third-order valence-corrected chi connectivity index (χ3v) is 10.2. The summed E-state index contributed by atoms with van der Waals surface area (Å²) in [5, 5.41) is 10.6. The van der Waals surface area contributed by atoms with Crippen molar-refractivity contribution in [2.75, 3.05) is 19.8 Å². The van der Waals surface area contributed by atoms with Gasteiger partial charge in [-0.1, -0.05) is 42.5 Å². The monoisotopic (exact) mass is 526 g/mol. The molecule has 6 atom stereocenters. The largest absolute Gasteiger partial charge is 0.465 e. The molecule has 2 unspecified atom stereocenters. The lowest BCUT2D eigenvalue weighted by Gasteiger charge is -2.40. The smallest absolute Gasteiger partial charge is 0.311 e. The summed E-state index contributed by atoms with van der Waals surface area (Å²) in [5.74, 6) is -2.18. The number of nitrogens with zero attached hydrogens (tertiary/aromatic N) is 2. The van der Waals surface area contributed by atoms with Gasteiger partial charge in [0.25, 0.3) is 0 Å². The van der Waals surface area contributed by atoms with Crippen LogP contribution in [0, 0.1) is 11.8 Å². The number of esters is 1. The van der Waals surface area contributed by atoms with Gasteiger partial charge >= 0.3 is 5.97 Å². The van der Waals surface area contributed by atoms with Crippen LogP contribution in [-0.2, 0) is 19.1 Å². The van der Waals surface area contributed by atoms with E-state index in [0.29, 0.717) is 25.8 Å². The van der Waals surface area contributed by atoms with Crippen molar-refractivity contribution in [3.8, 4) is 0 Å². The zero-order valence-corrected chi connectivity index (χ0v) is 22.8. The molecule has 200 valence electrons. The number of hydrogen-bond donors (Lipinski definition) is 1. The zero-order chi connectivity index (χ0) is 27.0. The second kappa shape index (κ2) is 10.7. The van der Waals surface area contributed by atoms with Gasteiger partial charge in [-0.3, -0.25) is 14.4 Å². The van der Waals surface area contributed by atoms with Crippen molar-refractivity contribution in [2.24, 2.45) is 11.8 Å². The highest BCUT2D eigenvalue weighted by atomic mass is 32.2. The summed E-state index contributed by atoms with van der Waals surface area (Å²) in [6.07, 6.45) is 5.26. The topological polar surface area (TPSA) is 87.1 Å². The van der Waals surface area contributed by atoms with Gasteiger partial charge in [0, 0.05) is 17.3 Å². The maximum atomic E-state index is 14.4. The fourth-order valence-electron chi connectivity index (χ4n) is 6.55. The second-order valence-corrected chi connectivity index (χ2v) is 12.6. The lowest BCUT2D eigenvalue weighted by atomic mass is 9.66. The van der Waals surface area contributed by atoms with E-state index >= 15 is 0 Å². The standard InChI is InChI=1S/C29H38N2O5S/c1-6-8-17-36-27(35)23-22-25(33)31(21(18-32)20-12-10-9-11-13-20)24(26(34)30(16-7-2)19(3)4)29(22)15-14-28(23,5)37-29/h6-7,9-13,19,21-24,32H,1-2,8,14-18H2,3-5H3/t21-,22+,23+,24?,28-,29?/m1/s1. The number of benzene rings is 1. The number of thioether (sulfide) groups is 1. The number of amides is 2. The van der Waals surface area contributed by atoms with Crippen LogP contribution < -0.4 is 0 Å². The Morgan fingerprint density at radius 1 is 1.24 bits per heavy atom. The molecule has 3 fully saturated rings. The van der Waals surface area contributed by atoms with Crippen molar-refractivity contribution < 1.29 is 24.2 Å². The summed E-state index contributed by atoms with van der Waals surface area (Å²) in [6, 6.07) is 7.67. The molecular weight excluding hydrogens is 488 g/mol. The zero-order valence-electron chi connectivity index (χ0n) is 22.0. The van der Waals surface area contributed by atoms with Gasteiger partial charge in [-0.15, -0.1) is 24.9 Å². The van der Waals surface area contributed by atoms with Crippen LogP contribution in [0.25, 0.3) is 0 Å². The first-order chi connectivity index (χ1) is 17.7. The Labute approximate surface area is 223 Å². The van der Waals surface area contributed by atoms with Crippen molar-refractivity contribution in [1.29, 1.82) is 0 Å². The molecule has 0 radical (unpaired) electrons. The van der Waals surface area contributed by atoms with Crippen LogP contribution in [0.15, 0.2) is 55.6 Å². The Morgan fingerprint density at radius 2 is 1.95 bits per heavy atom. The Morgan fingerprint density at radius 3 is 2.54 bits per heavy atom. The number of aliphatic hydroxyl groups is 1. The lowest BCUT2D eigenvalue weighted by Crippen LogP contribution is -2.57. The van der Waals surface area contributed by atoms with Gasteiger partial charge in [0.1, 0.15) is 6.04 Å². The first-order valence-corrected chi connectivity index (χ1v) is 13.9. The number of carbonyl (C=O) groups excluding carboxylic acids is 3. The summed E-state index contributed by atoms with van der Waals surface area (Å²) in [4.78, 5) is 45.5. The molecule has 1 N–H and O–H groups in total. The summed E-state index contributed by atoms with van der Waals surface area (Å²) < 4.78 is 4.33. The summed E-state index contributed by atoms with van der Waals surface area (Å²) in [7, 11) is 0. The average Bonchev–Trinajstić information content (AvgIpc) is 3.44. The summed E-state index contributed by atoms with van der Waals surface area (Å²) >= 11 is 1.60. The van der Waals surface area contributed by atoms with Gasteiger partial charge in [0.05, 0.1) is 35.8 Å². The van der Waals surface area contributed by atoms with Crippen LogP contribution in [0.4, 0.5) is 0 Å². The van der Waals surface area contributed by atoms with Crippen molar-refractivity contribution in [3.63, 3.8) is 0 Å². The Hall–Kier alpha value is -2.58. The molecule has 2 amide bonds. The summed E-state index contributed by atoms with van der Waals surface area (Å²) in [5.41, 5.74) is 0.753. The van der Waals surface area contributed by atoms with Crippen molar-refractivity contribution in [2.45, 2.75) is 67.7 Å². The van der Waals surface area contributed by atoms with Crippen molar-refractivity contribution in [3.05, 3.63) is 61.2 Å². The third-order valence-electron chi connectivity index (χ3n) is 8.19. The molecule has 4 rings (SSSR count). The predicted octanol–water partition coefficient (Wildman–Crippen LogP) is 3.74. The van der Waals surface area contributed by atoms with Crippen LogP contribution >= 0.6 is 11.8 Å². The number of rotatable bonds is 11. The number of hydrogen-bond acceptors (Lipinski definition) is 6. The van der Waals surface area contributed by atoms with Crippen LogP contribution in [0.5, 0.6) is 0 Å². The molecule has 3 aliphatic rings. The quantitative estimate of drug-likeness (QED) is 0.269. The molecule has 0 aromatic heterocycles. The highest BCUT2D eigenvalue weighted by Gasteiger charge is 2.78. The van der Waals surface area contributed by atoms with Gasteiger partial charge in [-0.05, 0) is 45.6 Å². The minimum atomic E-state index is -0.817. The average molecular weight is 527 g/mol. The SMILES string of the molecule is C=CCCOC(=O)[C@@H]1[C@H]2C(=O)N([C@H](CO)c3ccccc3)C(C(=O)N(CC=C)C(C)C)C23CC[C@@]1(C)S3. The van der Waals surface area contributed by atoms with Crippen LogP contribution in [0.1, 0.15) is 51.6 Å². The lowest BCUT2D eigenvalue weighted by molar-refractivity contribution is -0.156. The van der Waals surface area contributed by atoms with Crippen molar-refractivity contribution >= 4 is 29.5 Å². The Kier molecular flexibility index (Phi) is 7.91. The molecule has 3 heterocycles. The Bertz CT molecular complexity index is 1060. The minimum Gasteiger partial charge on any atom is -0.465 e. The Balaban J connectivity index is 1.83.